The first-order valence-electron chi connectivity index (χ1n) is 5.76. The number of halogens is 1. The number of hydrogen-bond donors (Lipinski definition) is 1. The topological polar surface area (TPSA) is 40.5 Å². The monoisotopic (exact) mass is 347 g/mol. The van der Waals surface area contributed by atoms with Gasteiger partial charge in [-0.3, -0.25) is 9.69 Å². The molecule has 0 heterocycles. The van der Waals surface area contributed by atoms with Gasteiger partial charge in [0.25, 0.3) is 0 Å². The quantitative estimate of drug-likeness (QED) is 0.804. The van der Waals surface area contributed by atoms with E-state index in [4.69, 9.17) is 5.11 Å². The molecule has 0 bridgehead atoms. The van der Waals surface area contributed by atoms with Crippen molar-refractivity contribution in [1.82, 2.24) is 4.90 Å². The molecule has 0 amide bonds. The molecule has 0 spiro atoms. The Morgan fingerprint density at radius 2 is 2.00 bits per heavy atom. The predicted molar refractivity (Wildman–Crippen MR) is 77.1 cm³/mol. The van der Waals surface area contributed by atoms with E-state index in [-0.39, 0.29) is 12.5 Å². The molecule has 0 aliphatic carbocycles. The van der Waals surface area contributed by atoms with Crippen molar-refractivity contribution in [3.05, 3.63) is 33.4 Å². The molecule has 0 saturated heterocycles. The Balaban J connectivity index is 2.68. The summed E-state index contributed by atoms with van der Waals surface area (Å²) in [7, 11) is 0. The summed E-state index contributed by atoms with van der Waals surface area (Å²) in [4.78, 5) is 12.8. The van der Waals surface area contributed by atoms with Gasteiger partial charge in [0.05, 0.1) is 6.42 Å². The maximum atomic E-state index is 10.6. The van der Waals surface area contributed by atoms with Crippen molar-refractivity contribution >= 4 is 28.6 Å². The molecule has 3 nitrogen and oxygen atoms in total. The summed E-state index contributed by atoms with van der Waals surface area (Å²) in [5.74, 6) is -0.738. The minimum atomic E-state index is -0.738. The molecule has 0 fully saturated rings. The van der Waals surface area contributed by atoms with E-state index in [0.29, 0.717) is 6.54 Å². The molecular formula is C13H18INO2. The van der Waals surface area contributed by atoms with Crippen LogP contribution < -0.4 is 0 Å². The molecule has 1 rings (SSSR count). The molecular weight excluding hydrogens is 329 g/mol. The molecule has 1 aromatic rings. The maximum absolute atomic E-state index is 10.6. The summed E-state index contributed by atoms with van der Waals surface area (Å²) in [5, 5.41) is 8.72. The Labute approximate surface area is 116 Å². The van der Waals surface area contributed by atoms with Gasteiger partial charge in [-0.05, 0) is 53.8 Å². The molecule has 1 unspecified atom stereocenters. The average Bonchev–Trinajstić information content (AvgIpc) is 2.30. The van der Waals surface area contributed by atoms with Gasteiger partial charge >= 0.3 is 5.97 Å². The van der Waals surface area contributed by atoms with Crippen LogP contribution in [0.1, 0.15) is 31.9 Å². The fraction of sp³-hybridized carbons (Fsp3) is 0.462. The van der Waals surface area contributed by atoms with Gasteiger partial charge in [-0.1, -0.05) is 19.1 Å². The van der Waals surface area contributed by atoms with Crippen molar-refractivity contribution < 1.29 is 9.90 Å². The third-order valence-corrected chi connectivity index (χ3v) is 3.64. The highest BCUT2D eigenvalue weighted by Gasteiger charge is 2.14. The van der Waals surface area contributed by atoms with Crippen LogP contribution in [0.4, 0.5) is 0 Å². The Morgan fingerprint density at radius 3 is 2.47 bits per heavy atom. The lowest BCUT2D eigenvalue weighted by Gasteiger charge is -2.27. The molecule has 1 atom stereocenters. The summed E-state index contributed by atoms with van der Waals surface area (Å²) < 4.78 is 1.21. The Hall–Kier alpha value is -0.620. The zero-order chi connectivity index (χ0) is 12.8. The van der Waals surface area contributed by atoms with Gasteiger partial charge in [-0.2, -0.15) is 0 Å². The largest absolute Gasteiger partial charge is 0.481 e. The van der Waals surface area contributed by atoms with Gasteiger partial charge in [0.2, 0.25) is 0 Å². The predicted octanol–water partition coefficient (Wildman–Crippen LogP) is 3.15. The first-order valence-corrected chi connectivity index (χ1v) is 6.83. The van der Waals surface area contributed by atoms with Crippen molar-refractivity contribution in [1.29, 1.82) is 0 Å². The number of carboxylic acid groups (broad SMARTS) is 1. The number of carbonyl (C=O) groups is 1. The van der Waals surface area contributed by atoms with Gasteiger partial charge < -0.3 is 5.11 Å². The van der Waals surface area contributed by atoms with E-state index in [1.165, 1.54) is 9.13 Å². The molecule has 0 saturated carbocycles. The lowest BCUT2D eigenvalue weighted by Crippen LogP contribution is -2.29. The third kappa shape index (κ3) is 4.63. The van der Waals surface area contributed by atoms with Crippen molar-refractivity contribution in [2.75, 3.05) is 13.1 Å². The van der Waals surface area contributed by atoms with Crippen molar-refractivity contribution in [2.24, 2.45) is 0 Å². The number of nitrogens with zero attached hydrogens (tertiary/aromatic N) is 1. The number of rotatable bonds is 6. The summed E-state index contributed by atoms with van der Waals surface area (Å²) in [6, 6.07) is 8.64. The molecule has 0 aliphatic rings. The molecule has 4 heteroatoms. The Bertz CT molecular complexity index is 364. The highest BCUT2D eigenvalue weighted by atomic mass is 127. The summed E-state index contributed by atoms with van der Waals surface area (Å²) in [5.41, 5.74) is 1.23. The minimum Gasteiger partial charge on any atom is -0.481 e. The van der Waals surface area contributed by atoms with Crippen LogP contribution in [-0.2, 0) is 4.79 Å². The Kier molecular flexibility index (Phi) is 5.91. The van der Waals surface area contributed by atoms with E-state index in [1.54, 1.807) is 0 Å². The van der Waals surface area contributed by atoms with E-state index in [1.807, 2.05) is 0 Å². The zero-order valence-corrected chi connectivity index (χ0v) is 12.3. The van der Waals surface area contributed by atoms with E-state index in [2.05, 4.69) is 65.6 Å². The molecule has 0 radical (unpaired) electrons. The third-order valence-electron chi connectivity index (χ3n) is 2.92. The van der Waals surface area contributed by atoms with Gasteiger partial charge in [-0.15, -0.1) is 0 Å². The van der Waals surface area contributed by atoms with E-state index in [0.717, 1.165) is 6.54 Å². The first kappa shape index (κ1) is 14.4. The second-order valence-corrected chi connectivity index (χ2v) is 5.25. The van der Waals surface area contributed by atoms with Gasteiger partial charge in [0.15, 0.2) is 0 Å². The number of carboxylic acids is 1. The normalized spacial score (nSPS) is 12.7. The van der Waals surface area contributed by atoms with Crippen LogP contribution in [0.3, 0.4) is 0 Å². The smallest absolute Gasteiger partial charge is 0.304 e. The van der Waals surface area contributed by atoms with Crippen molar-refractivity contribution in [2.45, 2.75) is 26.3 Å². The summed E-state index contributed by atoms with van der Waals surface area (Å²) >= 11 is 2.28. The first-order chi connectivity index (χ1) is 8.04. The second-order valence-electron chi connectivity index (χ2n) is 4.00. The van der Waals surface area contributed by atoms with Crippen molar-refractivity contribution in [3.8, 4) is 0 Å². The van der Waals surface area contributed by atoms with Crippen LogP contribution in [0.25, 0.3) is 0 Å². The van der Waals surface area contributed by atoms with Crippen LogP contribution in [-0.4, -0.2) is 29.1 Å². The maximum Gasteiger partial charge on any atom is 0.304 e. The standard InChI is InChI=1S/C13H18INO2/c1-3-15(9-8-13(16)17)10(2)11-4-6-12(14)7-5-11/h4-7,10H,3,8-9H2,1-2H3,(H,16,17). The molecule has 0 aliphatic heterocycles. The molecule has 0 aromatic heterocycles. The zero-order valence-electron chi connectivity index (χ0n) is 10.2. The van der Waals surface area contributed by atoms with Crippen LogP contribution in [0, 0.1) is 3.57 Å². The highest BCUT2D eigenvalue weighted by molar-refractivity contribution is 14.1. The average molecular weight is 347 g/mol. The van der Waals surface area contributed by atoms with Gasteiger partial charge in [0, 0.05) is 16.2 Å². The highest BCUT2D eigenvalue weighted by Crippen LogP contribution is 2.21. The number of hydrogen-bond acceptors (Lipinski definition) is 2. The second kappa shape index (κ2) is 6.96. The molecule has 94 valence electrons. The Morgan fingerprint density at radius 1 is 1.41 bits per heavy atom. The fourth-order valence-electron chi connectivity index (χ4n) is 1.82. The SMILES string of the molecule is CCN(CCC(=O)O)C(C)c1ccc(I)cc1. The van der Waals surface area contributed by atoms with E-state index >= 15 is 0 Å². The van der Waals surface area contributed by atoms with Crippen molar-refractivity contribution in [3.63, 3.8) is 0 Å². The number of aliphatic carboxylic acids is 1. The fourth-order valence-corrected chi connectivity index (χ4v) is 2.18. The van der Waals surface area contributed by atoms with Crippen LogP contribution in [0.15, 0.2) is 24.3 Å². The van der Waals surface area contributed by atoms with E-state index in [9.17, 15) is 4.79 Å². The number of benzene rings is 1. The lowest BCUT2D eigenvalue weighted by molar-refractivity contribution is -0.137. The van der Waals surface area contributed by atoms with Crippen LogP contribution >= 0.6 is 22.6 Å². The summed E-state index contributed by atoms with van der Waals surface area (Å²) in [6.07, 6.45) is 0.197. The lowest BCUT2D eigenvalue weighted by atomic mass is 10.1. The van der Waals surface area contributed by atoms with Crippen LogP contribution in [0.5, 0.6) is 0 Å². The van der Waals surface area contributed by atoms with Gasteiger partial charge in [0.1, 0.15) is 0 Å². The van der Waals surface area contributed by atoms with Gasteiger partial charge in [-0.25, -0.2) is 0 Å². The molecule has 1 aromatic carbocycles. The molecule has 17 heavy (non-hydrogen) atoms. The summed E-state index contributed by atoms with van der Waals surface area (Å²) in [6.45, 7) is 5.64. The molecule has 1 N–H and O–H groups in total. The van der Waals surface area contributed by atoms with Crippen LogP contribution in [0.2, 0.25) is 0 Å². The minimum absolute atomic E-state index is 0.197. The van der Waals surface area contributed by atoms with E-state index < -0.39 is 5.97 Å².